The lowest BCUT2D eigenvalue weighted by Gasteiger charge is -2.42. The van der Waals surface area contributed by atoms with Crippen LogP contribution in [0.2, 0.25) is 0 Å². The molecule has 0 heterocycles. The van der Waals surface area contributed by atoms with Gasteiger partial charge in [0.2, 0.25) is 0 Å². The van der Waals surface area contributed by atoms with Crippen molar-refractivity contribution in [1.29, 1.82) is 0 Å². The van der Waals surface area contributed by atoms with Crippen LogP contribution in [0.3, 0.4) is 0 Å². The molecule has 0 spiro atoms. The van der Waals surface area contributed by atoms with E-state index in [0.717, 1.165) is 19.3 Å². The Morgan fingerprint density at radius 1 is 1.59 bits per heavy atom. The van der Waals surface area contributed by atoms with Crippen molar-refractivity contribution in [2.75, 3.05) is 6.61 Å². The van der Waals surface area contributed by atoms with E-state index in [2.05, 4.69) is 33.4 Å². The molecule has 0 saturated heterocycles. The van der Waals surface area contributed by atoms with Crippen molar-refractivity contribution in [2.45, 2.75) is 47.0 Å². The smallest absolute Gasteiger partial charge is 0.302 e. The van der Waals surface area contributed by atoms with Gasteiger partial charge in [0.1, 0.15) is 0 Å². The van der Waals surface area contributed by atoms with Crippen LogP contribution in [-0.4, -0.2) is 12.6 Å². The summed E-state index contributed by atoms with van der Waals surface area (Å²) in [6.07, 6.45) is 5.46. The number of esters is 1. The fraction of sp³-hybridized carbons (Fsp3) is 0.667. The van der Waals surface area contributed by atoms with Crippen LogP contribution in [0.1, 0.15) is 47.0 Å². The number of carbonyl (C=O) groups is 1. The van der Waals surface area contributed by atoms with Crippen molar-refractivity contribution in [1.82, 2.24) is 0 Å². The van der Waals surface area contributed by atoms with Gasteiger partial charge in [-0.25, -0.2) is 0 Å². The molecule has 2 nitrogen and oxygen atoms in total. The van der Waals surface area contributed by atoms with Crippen molar-refractivity contribution in [3.8, 4) is 0 Å². The Hall–Kier alpha value is -1.05. The van der Waals surface area contributed by atoms with E-state index in [-0.39, 0.29) is 11.4 Å². The van der Waals surface area contributed by atoms with E-state index in [0.29, 0.717) is 12.5 Å². The fourth-order valence-electron chi connectivity index (χ4n) is 2.86. The molecule has 1 rings (SSSR count). The minimum absolute atomic E-state index is 0.106. The number of allylic oxidation sites excluding steroid dienone is 3. The second-order valence-electron chi connectivity index (χ2n) is 5.33. The molecule has 0 fully saturated rings. The van der Waals surface area contributed by atoms with Gasteiger partial charge >= 0.3 is 5.97 Å². The van der Waals surface area contributed by atoms with Crippen molar-refractivity contribution < 1.29 is 9.53 Å². The molecule has 1 aliphatic rings. The lowest BCUT2D eigenvalue weighted by atomic mass is 9.63. The van der Waals surface area contributed by atoms with Crippen LogP contribution in [0, 0.1) is 11.3 Å². The summed E-state index contributed by atoms with van der Waals surface area (Å²) >= 11 is 0. The molecule has 2 heteroatoms. The quantitative estimate of drug-likeness (QED) is 0.547. The van der Waals surface area contributed by atoms with Gasteiger partial charge in [0.15, 0.2) is 0 Å². The lowest BCUT2D eigenvalue weighted by molar-refractivity contribution is -0.141. The first-order valence-corrected chi connectivity index (χ1v) is 6.35. The first kappa shape index (κ1) is 14.0. The number of ether oxygens (including phenoxy) is 1. The Labute approximate surface area is 105 Å². The molecular formula is C15H24O2. The van der Waals surface area contributed by atoms with E-state index in [1.54, 1.807) is 0 Å². The summed E-state index contributed by atoms with van der Waals surface area (Å²) in [7, 11) is 0. The van der Waals surface area contributed by atoms with Gasteiger partial charge < -0.3 is 4.74 Å². The molecule has 0 aromatic rings. The third kappa shape index (κ3) is 3.21. The normalized spacial score (nSPS) is 28.5. The van der Waals surface area contributed by atoms with Crippen LogP contribution in [0.15, 0.2) is 23.8 Å². The summed E-state index contributed by atoms with van der Waals surface area (Å²) in [4.78, 5) is 10.8. The molecule has 0 aliphatic heterocycles. The van der Waals surface area contributed by atoms with Gasteiger partial charge in [0.25, 0.3) is 0 Å². The zero-order chi connectivity index (χ0) is 13.1. The predicted molar refractivity (Wildman–Crippen MR) is 70.7 cm³/mol. The van der Waals surface area contributed by atoms with E-state index >= 15 is 0 Å². The highest BCUT2D eigenvalue weighted by molar-refractivity contribution is 5.65. The zero-order valence-electron chi connectivity index (χ0n) is 11.5. The summed E-state index contributed by atoms with van der Waals surface area (Å²) in [5.41, 5.74) is 2.78. The van der Waals surface area contributed by atoms with Gasteiger partial charge in [-0.05, 0) is 39.0 Å². The number of hydrogen-bond donors (Lipinski definition) is 0. The fourth-order valence-corrected chi connectivity index (χ4v) is 2.86. The Balaban J connectivity index is 2.77. The first-order chi connectivity index (χ1) is 7.88. The maximum atomic E-state index is 10.8. The largest absolute Gasteiger partial charge is 0.466 e. The highest BCUT2D eigenvalue weighted by Crippen LogP contribution is 2.47. The molecule has 0 N–H and O–H groups in total. The van der Waals surface area contributed by atoms with Crippen molar-refractivity contribution in [3.05, 3.63) is 23.8 Å². The Morgan fingerprint density at radius 3 is 2.71 bits per heavy atom. The maximum Gasteiger partial charge on any atom is 0.302 e. The minimum Gasteiger partial charge on any atom is -0.466 e. The van der Waals surface area contributed by atoms with E-state index in [1.807, 2.05) is 0 Å². The number of carbonyl (C=O) groups excluding carboxylic acids is 1. The molecule has 2 atom stereocenters. The molecule has 1 aliphatic carbocycles. The molecule has 96 valence electrons. The second kappa shape index (κ2) is 5.52. The van der Waals surface area contributed by atoms with Crippen molar-refractivity contribution >= 4 is 5.97 Å². The standard InChI is InChI=1S/C15H24O2/c1-11(2)15(8-9-17-14(5)16)7-6-12(3)10-13(15)4/h10,13H,1,6-9H2,2-5H3. The molecular weight excluding hydrogens is 212 g/mol. The summed E-state index contributed by atoms with van der Waals surface area (Å²) in [6.45, 7) is 12.6. The van der Waals surface area contributed by atoms with Gasteiger partial charge in [0, 0.05) is 12.3 Å². The molecule has 0 aromatic heterocycles. The molecule has 0 radical (unpaired) electrons. The molecule has 0 amide bonds. The van der Waals surface area contributed by atoms with E-state index in [9.17, 15) is 4.79 Å². The lowest BCUT2D eigenvalue weighted by Crippen LogP contribution is -2.33. The average Bonchev–Trinajstić information content (AvgIpc) is 2.20. The third-order valence-corrected chi connectivity index (χ3v) is 4.08. The summed E-state index contributed by atoms with van der Waals surface area (Å²) in [6, 6.07) is 0. The van der Waals surface area contributed by atoms with Gasteiger partial charge in [-0.15, -0.1) is 0 Å². The van der Waals surface area contributed by atoms with Gasteiger partial charge in [-0.3, -0.25) is 4.79 Å². The molecule has 0 aromatic carbocycles. The second-order valence-corrected chi connectivity index (χ2v) is 5.33. The van der Waals surface area contributed by atoms with Gasteiger partial charge in [0.05, 0.1) is 6.61 Å². The van der Waals surface area contributed by atoms with Crippen molar-refractivity contribution in [3.63, 3.8) is 0 Å². The predicted octanol–water partition coefficient (Wildman–Crippen LogP) is 3.88. The Kier molecular flexibility index (Phi) is 4.55. The van der Waals surface area contributed by atoms with Crippen LogP contribution in [0.4, 0.5) is 0 Å². The van der Waals surface area contributed by atoms with Crippen LogP contribution in [0.25, 0.3) is 0 Å². The Morgan fingerprint density at radius 2 is 2.24 bits per heavy atom. The zero-order valence-corrected chi connectivity index (χ0v) is 11.5. The SMILES string of the molecule is C=C(C)C1(CCOC(C)=O)CCC(C)=CC1C. The van der Waals surface area contributed by atoms with Gasteiger partial charge in [-0.2, -0.15) is 0 Å². The number of rotatable bonds is 4. The van der Waals surface area contributed by atoms with Crippen LogP contribution in [0.5, 0.6) is 0 Å². The average molecular weight is 236 g/mol. The van der Waals surface area contributed by atoms with Crippen LogP contribution in [-0.2, 0) is 9.53 Å². The van der Waals surface area contributed by atoms with Crippen LogP contribution >= 0.6 is 0 Å². The monoisotopic (exact) mass is 236 g/mol. The molecule has 0 saturated carbocycles. The molecule has 2 unspecified atom stereocenters. The molecule has 17 heavy (non-hydrogen) atoms. The maximum absolute atomic E-state index is 10.8. The van der Waals surface area contributed by atoms with E-state index in [1.165, 1.54) is 18.1 Å². The first-order valence-electron chi connectivity index (χ1n) is 6.35. The summed E-state index contributed by atoms with van der Waals surface area (Å²) in [5, 5.41) is 0. The molecule has 0 bridgehead atoms. The summed E-state index contributed by atoms with van der Waals surface area (Å²) < 4.78 is 5.09. The van der Waals surface area contributed by atoms with E-state index in [4.69, 9.17) is 4.74 Å². The van der Waals surface area contributed by atoms with Crippen LogP contribution < -0.4 is 0 Å². The Bertz CT molecular complexity index is 341. The summed E-state index contributed by atoms with van der Waals surface area (Å²) in [5.74, 6) is 0.279. The van der Waals surface area contributed by atoms with Gasteiger partial charge in [-0.1, -0.05) is 30.7 Å². The highest BCUT2D eigenvalue weighted by atomic mass is 16.5. The van der Waals surface area contributed by atoms with Crippen molar-refractivity contribution in [2.24, 2.45) is 11.3 Å². The number of hydrogen-bond acceptors (Lipinski definition) is 2. The highest BCUT2D eigenvalue weighted by Gasteiger charge is 2.37. The third-order valence-electron chi connectivity index (χ3n) is 4.08. The topological polar surface area (TPSA) is 26.3 Å². The minimum atomic E-state index is -0.197. The van der Waals surface area contributed by atoms with E-state index < -0.39 is 0 Å².